The highest BCUT2D eigenvalue weighted by Crippen LogP contribution is 2.27. The Morgan fingerprint density at radius 2 is 1.59 bits per heavy atom. The van der Waals surface area contributed by atoms with Crippen molar-refractivity contribution in [1.82, 2.24) is 10.3 Å². The lowest BCUT2D eigenvalue weighted by Crippen LogP contribution is -2.40. The molecule has 0 bridgehead atoms. The summed E-state index contributed by atoms with van der Waals surface area (Å²) in [6.45, 7) is 4.83. The molecule has 2 atom stereocenters. The maximum Gasteiger partial charge on any atom is 0.357 e. The Labute approximate surface area is 244 Å². The molecular formula is C27H33N3O8S3. The van der Waals surface area contributed by atoms with Gasteiger partial charge in [0.15, 0.2) is 9.84 Å². The molecule has 0 aliphatic carbocycles. The maximum absolute atomic E-state index is 13.5. The van der Waals surface area contributed by atoms with Crippen LogP contribution < -0.4 is 10.0 Å². The summed E-state index contributed by atoms with van der Waals surface area (Å²) in [5.41, 5.74) is 1.98. The van der Waals surface area contributed by atoms with Gasteiger partial charge < -0.3 is 10.1 Å². The molecule has 3 rings (SSSR count). The first kappa shape index (κ1) is 32.2. The monoisotopic (exact) mass is 623 g/mol. The van der Waals surface area contributed by atoms with Crippen LogP contribution in [0.2, 0.25) is 0 Å². The second kappa shape index (κ2) is 13.1. The number of hydrogen-bond donors (Lipinski definition) is 3. The van der Waals surface area contributed by atoms with Gasteiger partial charge in [-0.25, -0.2) is 13.4 Å². The van der Waals surface area contributed by atoms with Crippen LogP contribution in [0, 0.1) is 5.92 Å². The first-order valence-corrected chi connectivity index (χ1v) is 16.5. The fourth-order valence-corrected chi connectivity index (χ4v) is 6.43. The van der Waals surface area contributed by atoms with Crippen LogP contribution in [0.15, 0.2) is 60.0 Å². The molecule has 2 aromatic carbocycles. The van der Waals surface area contributed by atoms with Crippen molar-refractivity contribution in [3.05, 3.63) is 81.8 Å². The van der Waals surface area contributed by atoms with Crippen LogP contribution >= 0.6 is 11.3 Å². The van der Waals surface area contributed by atoms with Gasteiger partial charge in [-0.05, 0) is 56.9 Å². The van der Waals surface area contributed by atoms with E-state index >= 15 is 0 Å². The van der Waals surface area contributed by atoms with Gasteiger partial charge >= 0.3 is 16.3 Å². The van der Waals surface area contributed by atoms with E-state index in [9.17, 15) is 26.4 Å². The Hall–Kier alpha value is -3.33. The van der Waals surface area contributed by atoms with Gasteiger partial charge in [0.25, 0.3) is 0 Å². The van der Waals surface area contributed by atoms with Gasteiger partial charge in [0.1, 0.15) is 16.7 Å². The number of sulfone groups is 1. The van der Waals surface area contributed by atoms with Gasteiger partial charge in [0.05, 0.1) is 29.3 Å². The summed E-state index contributed by atoms with van der Waals surface area (Å²) in [6.07, 6.45) is 0.292. The molecule has 41 heavy (non-hydrogen) atoms. The van der Waals surface area contributed by atoms with Crippen molar-refractivity contribution in [2.75, 3.05) is 11.8 Å². The first-order valence-electron chi connectivity index (χ1n) is 12.5. The molecule has 11 nitrogen and oxygen atoms in total. The Morgan fingerprint density at radius 1 is 0.976 bits per heavy atom. The Kier molecular flexibility index (Phi) is 10.3. The number of amides is 1. The van der Waals surface area contributed by atoms with E-state index in [0.29, 0.717) is 16.3 Å². The molecule has 14 heteroatoms. The lowest BCUT2D eigenvalue weighted by Gasteiger charge is -2.21. The zero-order valence-corrected chi connectivity index (χ0v) is 25.5. The summed E-state index contributed by atoms with van der Waals surface area (Å²) in [7, 11) is -6.75. The molecule has 3 N–H and O–H groups in total. The van der Waals surface area contributed by atoms with E-state index in [1.807, 2.05) is 10.8 Å². The fraction of sp³-hybridized carbons (Fsp3) is 0.370. The van der Waals surface area contributed by atoms with Crippen LogP contribution in [0.4, 0.5) is 5.69 Å². The zero-order valence-electron chi connectivity index (χ0n) is 23.0. The summed E-state index contributed by atoms with van der Waals surface area (Å²) in [5.74, 6) is -2.71. The summed E-state index contributed by atoms with van der Waals surface area (Å²) in [4.78, 5) is 30.6. The van der Waals surface area contributed by atoms with Crippen molar-refractivity contribution in [3.8, 4) is 0 Å². The van der Waals surface area contributed by atoms with Crippen molar-refractivity contribution in [3.63, 3.8) is 0 Å². The molecule has 0 saturated heterocycles. The predicted molar refractivity (Wildman–Crippen MR) is 156 cm³/mol. The molecule has 1 amide bonds. The normalized spacial score (nSPS) is 13.7. The van der Waals surface area contributed by atoms with E-state index in [4.69, 9.17) is 9.29 Å². The largest absolute Gasteiger partial charge is 0.468 e. The Morgan fingerprint density at radius 3 is 2.15 bits per heavy atom. The minimum atomic E-state index is -4.45. The van der Waals surface area contributed by atoms with Crippen molar-refractivity contribution >= 4 is 49.0 Å². The van der Waals surface area contributed by atoms with Gasteiger partial charge in [0, 0.05) is 5.38 Å². The van der Waals surface area contributed by atoms with Gasteiger partial charge in [-0.2, -0.15) is 8.42 Å². The third-order valence-electron chi connectivity index (χ3n) is 6.21. The molecule has 1 aromatic heterocycles. The number of methoxy groups -OCH3 is 1. The first-order chi connectivity index (χ1) is 19.1. The molecule has 0 saturated carbocycles. The SMILES string of the molecule is COC(=O)C(Cc1ccccc1)C(=O)NC(Cc1ccc(NS(=O)(=O)O)cc1)c1csc(CS(=O)(=O)C(C)(C)C)n1. The van der Waals surface area contributed by atoms with Crippen molar-refractivity contribution in [2.45, 2.75) is 50.2 Å². The number of nitrogens with one attached hydrogen (secondary N) is 2. The van der Waals surface area contributed by atoms with Crippen molar-refractivity contribution in [1.29, 1.82) is 0 Å². The zero-order chi connectivity index (χ0) is 30.4. The second-order valence-corrected chi connectivity index (χ2v) is 15.2. The smallest absolute Gasteiger partial charge is 0.357 e. The fourth-order valence-electron chi connectivity index (χ4n) is 3.80. The number of rotatable bonds is 12. The van der Waals surface area contributed by atoms with Crippen LogP contribution in [0.3, 0.4) is 0 Å². The molecule has 0 aliphatic heterocycles. The average molecular weight is 624 g/mol. The molecule has 0 spiro atoms. The van der Waals surface area contributed by atoms with Gasteiger partial charge in [-0.1, -0.05) is 42.5 Å². The molecule has 0 fully saturated rings. The number of ether oxygens (including phenoxy) is 1. The molecule has 0 radical (unpaired) electrons. The minimum Gasteiger partial charge on any atom is -0.468 e. The molecule has 1 heterocycles. The third kappa shape index (κ3) is 9.35. The predicted octanol–water partition coefficient (Wildman–Crippen LogP) is 3.50. The lowest BCUT2D eigenvalue weighted by atomic mass is 9.97. The van der Waals surface area contributed by atoms with Crippen LogP contribution in [-0.2, 0) is 53.1 Å². The number of hydrogen-bond acceptors (Lipinski definition) is 9. The summed E-state index contributed by atoms with van der Waals surface area (Å²) in [6, 6.07) is 14.3. The Bertz CT molecular complexity index is 1560. The standard InChI is InChI=1S/C27H33N3O8S3/c1-27(2,3)40(33,34)17-24-28-23(16-39-24)22(15-19-10-12-20(13-11-19)30-41(35,36)37)29-25(31)21(26(32)38-4)14-18-8-6-5-7-9-18/h5-13,16,21-22,30H,14-15,17H2,1-4H3,(H,29,31)(H,35,36,37). The van der Waals surface area contributed by atoms with Crippen molar-refractivity contribution < 1.29 is 35.7 Å². The van der Waals surface area contributed by atoms with Crippen LogP contribution in [0.5, 0.6) is 0 Å². The average Bonchev–Trinajstić information content (AvgIpc) is 3.34. The summed E-state index contributed by atoms with van der Waals surface area (Å²) < 4.78 is 62.6. The molecular weight excluding hydrogens is 591 g/mol. The highest BCUT2D eigenvalue weighted by atomic mass is 32.2. The lowest BCUT2D eigenvalue weighted by molar-refractivity contribution is -0.150. The van der Waals surface area contributed by atoms with E-state index in [0.717, 1.165) is 16.9 Å². The number of esters is 1. The van der Waals surface area contributed by atoms with Crippen LogP contribution in [0.1, 0.15) is 48.6 Å². The maximum atomic E-state index is 13.5. The number of aromatic nitrogens is 1. The molecule has 3 aromatic rings. The van der Waals surface area contributed by atoms with Gasteiger partial charge in [0.2, 0.25) is 5.91 Å². The van der Waals surface area contributed by atoms with Gasteiger partial charge in [-0.3, -0.25) is 18.9 Å². The van der Waals surface area contributed by atoms with E-state index in [1.54, 1.807) is 62.5 Å². The number of thiazole rings is 1. The number of anilines is 1. The summed E-state index contributed by atoms with van der Waals surface area (Å²) >= 11 is 1.15. The number of benzene rings is 2. The van der Waals surface area contributed by atoms with Gasteiger partial charge in [-0.15, -0.1) is 11.3 Å². The Balaban J connectivity index is 1.91. The highest BCUT2D eigenvalue weighted by Gasteiger charge is 2.32. The summed E-state index contributed by atoms with van der Waals surface area (Å²) in [5, 5.41) is 4.90. The second-order valence-electron chi connectivity index (χ2n) is 10.3. The van der Waals surface area contributed by atoms with E-state index in [-0.39, 0.29) is 24.3 Å². The molecule has 222 valence electrons. The number of nitrogens with zero attached hydrogens (tertiary/aromatic N) is 1. The minimum absolute atomic E-state index is 0.105. The highest BCUT2D eigenvalue weighted by molar-refractivity contribution is 7.92. The third-order valence-corrected chi connectivity index (χ3v) is 10.3. The molecule has 2 unspecified atom stereocenters. The quantitative estimate of drug-likeness (QED) is 0.155. The van der Waals surface area contributed by atoms with E-state index < -0.39 is 48.7 Å². The topological polar surface area (TPSA) is 169 Å². The number of carbonyl (C=O) groups excluding carboxylic acids is 2. The van der Waals surface area contributed by atoms with Crippen molar-refractivity contribution in [2.24, 2.45) is 5.92 Å². The van der Waals surface area contributed by atoms with Crippen LogP contribution in [0.25, 0.3) is 0 Å². The van der Waals surface area contributed by atoms with Crippen LogP contribution in [-0.4, -0.2) is 50.1 Å². The van der Waals surface area contributed by atoms with E-state index in [2.05, 4.69) is 10.3 Å². The number of carbonyl (C=O) groups is 2. The molecule has 0 aliphatic rings. The van der Waals surface area contributed by atoms with E-state index in [1.165, 1.54) is 19.2 Å².